The zero-order valence-corrected chi connectivity index (χ0v) is 7.83. The highest BCUT2D eigenvalue weighted by Gasteiger charge is 2.39. The zero-order chi connectivity index (χ0) is 11.8. The van der Waals surface area contributed by atoms with Gasteiger partial charge >= 0.3 is 6.18 Å². The second-order valence-electron chi connectivity index (χ2n) is 2.78. The Balaban J connectivity index is 3.23. The molecule has 0 spiro atoms. The molecule has 0 amide bonds. The molecule has 0 saturated heterocycles. The standard InChI is InChI=1S/C8H5ClF5N/c9-5-4(10)2-1-3(6(5)11)7(15)8(12,13)14/h1-2,7H,15H2/t7-/m1/s1. The van der Waals surface area contributed by atoms with Crippen molar-refractivity contribution in [2.75, 3.05) is 0 Å². The fourth-order valence-corrected chi connectivity index (χ4v) is 1.13. The molecule has 0 aliphatic rings. The molecule has 7 heteroatoms. The number of halogens is 6. The zero-order valence-electron chi connectivity index (χ0n) is 7.08. The van der Waals surface area contributed by atoms with E-state index in [1.54, 1.807) is 0 Å². The molecule has 1 nitrogen and oxygen atoms in total. The van der Waals surface area contributed by atoms with Crippen LogP contribution in [-0.4, -0.2) is 6.18 Å². The third-order valence-electron chi connectivity index (χ3n) is 1.75. The molecule has 1 atom stereocenters. The first kappa shape index (κ1) is 12.2. The summed E-state index contributed by atoms with van der Waals surface area (Å²) in [7, 11) is 0. The van der Waals surface area contributed by atoms with E-state index in [1.165, 1.54) is 0 Å². The van der Waals surface area contributed by atoms with Gasteiger partial charge in [-0.3, -0.25) is 0 Å². The van der Waals surface area contributed by atoms with Gasteiger partial charge in [0.1, 0.15) is 22.7 Å². The Kier molecular flexibility index (Phi) is 3.20. The monoisotopic (exact) mass is 245 g/mol. The van der Waals surface area contributed by atoms with E-state index >= 15 is 0 Å². The topological polar surface area (TPSA) is 26.0 Å². The minimum Gasteiger partial charge on any atom is -0.316 e. The second-order valence-corrected chi connectivity index (χ2v) is 3.16. The Morgan fingerprint density at radius 2 is 1.73 bits per heavy atom. The number of hydrogen-bond acceptors (Lipinski definition) is 1. The van der Waals surface area contributed by atoms with Crippen LogP contribution in [-0.2, 0) is 0 Å². The molecule has 0 radical (unpaired) electrons. The van der Waals surface area contributed by atoms with Crippen molar-refractivity contribution in [3.63, 3.8) is 0 Å². The van der Waals surface area contributed by atoms with Gasteiger partial charge in [0.2, 0.25) is 0 Å². The predicted molar refractivity (Wildman–Crippen MR) is 44.4 cm³/mol. The maximum atomic E-state index is 13.1. The van der Waals surface area contributed by atoms with Crippen LogP contribution in [0.5, 0.6) is 0 Å². The average molecular weight is 246 g/mol. The van der Waals surface area contributed by atoms with E-state index in [9.17, 15) is 22.0 Å². The number of nitrogens with two attached hydrogens (primary N) is 1. The first-order valence-electron chi connectivity index (χ1n) is 3.71. The molecule has 0 heterocycles. The van der Waals surface area contributed by atoms with E-state index in [4.69, 9.17) is 17.3 Å². The largest absolute Gasteiger partial charge is 0.407 e. The lowest BCUT2D eigenvalue weighted by Gasteiger charge is -2.16. The highest BCUT2D eigenvalue weighted by molar-refractivity contribution is 6.30. The Labute approximate surface area is 86.6 Å². The third kappa shape index (κ3) is 2.38. The first-order chi connectivity index (χ1) is 6.75. The lowest BCUT2D eigenvalue weighted by Crippen LogP contribution is -2.29. The molecule has 1 rings (SSSR count). The van der Waals surface area contributed by atoms with Crippen LogP contribution >= 0.6 is 11.6 Å². The molecule has 0 aliphatic heterocycles. The molecule has 0 saturated carbocycles. The average Bonchev–Trinajstić information content (AvgIpc) is 2.12. The number of benzene rings is 1. The molecule has 0 aliphatic carbocycles. The number of rotatable bonds is 1. The smallest absolute Gasteiger partial charge is 0.316 e. The van der Waals surface area contributed by atoms with Crippen molar-refractivity contribution in [2.45, 2.75) is 12.2 Å². The molecule has 0 fully saturated rings. The minimum absolute atomic E-state index is 0.620. The van der Waals surface area contributed by atoms with Crippen molar-refractivity contribution in [1.82, 2.24) is 0 Å². The summed E-state index contributed by atoms with van der Waals surface area (Å²) in [6, 6.07) is -1.27. The second kappa shape index (κ2) is 3.94. The van der Waals surface area contributed by atoms with Crippen molar-refractivity contribution in [3.05, 3.63) is 34.4 Å². The van der Waals surface area contributed by atoms with Crippen LogP contribution in [0.2, 0.25) is 5.02 Å². The van der Waals surface area contributed by atoms with Gasteiger partial charge in [-0.2, -0.15) is 13.2 Å². The minimum atomic E-state index is -4.80. The maximum absolute atomic E-state index is 13.1. The molecule has 0 bridgehead atoms. The Hall–Kier alpha value is -0.880. The van der Waals surface area contributed by atoms with E-state index in [-0.39, 0.29) is 0 Å². The van der Waals surface area contributed by atoms with Crippen LogP contribution in [0, 0.1) is 11.6 Å². The summed E-state index contributed by atoms with van der Waals surface area (Å²) in [6.45, 7) is 0. The predicted octanol–water partition coefficient (Wildman–Crippen LogP) is 3.18. The summed E-state index contributed by atoms with van der Waals surface area (Å²) in [5.41, 5.74) is 3.87. The first-order valence-corrected chi connectivity index (χ1v) is 4.08. The van der Waals surface area contributed by atoms with Gasteiger partial charge in [-0.1, -0.05) is 17.7 Å². The summed E-state index contributed by atoms with van der Waals surface area (Å²) in [4.78, 5) is 0. The third-order valence-corrected chi connectivity index (χ3v) is 2.10. The van der Waals surface area contributed by atoms with Gasteiger partial charge in [0, 0.05) is 5.56 Å². The molecular weight excluding hydrogens is 241 g/mol. The van der Waals surface area contributed by atoms with Gasteiger partial charge in [0.15, 0.2) is 0 Å². The molecular formula is C8H5ClF5N. The summed E-state index contributed by atoms with van der Waals surface area (Å²) in [6.07, 6.45) is -4.80. The summed E-state index contributed by atoms with van der Waals surface area (Å²) >= 11 is 5.10. The lowest BCUT2D eigenvalue weighted by atomic mass is 10.1. The molecule has 2 N–H and O–H groups in total. The Morgan fingerprint density at radius 3 is 2.20 bits per heavy atom. The van der Waals surface area contributed by atoms with Gasteiger partial charge in [-0.05, 0) is 6.07 Å². The maximum Gasteiger partial charge on any atom is 0.407 e. The molecule has 84 valence electrons. The van der Waals surface area contributed by atoms with Gasteiger partial charge in [0.25, 0.3) is 0 Å². The van der Waals surface area contributed by atoms with E-state index in [1.807, 2.05) is 0 Å². The molecule has 0 aromatic heterocycles. The summed E-state index contributed by atoms with van der Waals surface area (Å²) < 4.78 is 62.1. The van der Waals surface area contributed by atoms with Gasteiger partial charge in [-0.25, -0.2) is 8.78 Å². The van der Waals surface area contributed by atoms with E-state index in [2.05, 4.69) is 0 Å². The van der Waals surface area contributed by atoms with Crippen molar-refractivity contribution < 1.29 is 22.0 Å². The van der Waals surface area contributed by atoms with Crippen LogP contribution < -0.4 is 5.73 Å². The van der Waals surface area contributed by atoms with Gasteiger partial charge < -0.3 is 5.73 Å². The number of alkyl halides is 3. The molecule has 15 heavy (non-hydrogen) atoms. The van der Waals surface area contributed by atoms with Crippen LogP contribution in [0.4, 0.5) is 22.0 Å². The molecule has 1 aromatic rings. The summed E-state index contributed by atoms with van der Waals surface area (Å²) in [5.74, 6) is -2.62. The highest BCUT2D eigenvalue weighted by Crippen LogP contribution is 2.34. The number of hydrogen-bond donors (Lipinski definition) is 1. The molecule has 1 aromatic carbocycles. The fourth-order valence-electron chi connectivity index (χ4n) is 0.957. The Morgan fingerprint density at radius 1 is 1.20 bits per heavy atom. The van der Waals surface area contributed by atoms with E-state index in [0.29, 0.717) is 12.1 Å². The van der Waals surface area contributed by atoms with Crippen molar-refractivity contribution in [2.24, 2.45) is 5.73 Å². The van der Waals surface area contributed by atoms with Crippen molar-refractivity contribution in [3.8, 4) is 0 Å². The van der Waals surface area contributed by atoms with Crippen LogP contribution in [0.3, 0.4) is 0 Å². The lowest BCUT2D eigenvalue weighted by molar-refractivity contribution is -0.149. The van der Waals surface area contributed by atoms with E-state index < -0.39 is 34.4 Å². The quantitative estimate of drug-likeness (QED) is 0.597. The van der Waals surface area contributed by atoms with E-state index in [0.717, 1.165) is 0 Å². The Bertz CT molecular complexity index is 376. The van der Waals surface area contributed by atoms with Crippen molar-refractivity contribution >= 4 is 11.6 Å². The van der Waals surface area contributed by atoms with Crippen LogP contribution in [0.1, 0.15) is 11.6 Å². The molecule has 0 unspecified atom stereocenters. The highest BCUT2D eigenvalue weighted by atomic mass is 35.5. The van der Waals surface area contributed by atoms with Crippen molar-refractivity contribution in [1.29, 1.82) is 0 Å². The SMILES string of the molecule is N[C@H](c1ccc(F)c(Cl)c1F)C(F)(F)F. The summed E-state index contributed by atoms with van der Waals surface area (Å²) in [5, 5.41) is -0.993. The normalized spacial score (nSPS) is 14.1. The van der Waals surface area contributed by atoms with Crippen LogP contribution in [0.25, 0.3) is 0 Å². The van der Waals surface area contributed by atoms with Gasteiger partial charge in [0.05, 0.1) is 0 Å². The fraction of sp³-hybridized carbons (Fsp3) is 0.250. The van der Waals surface area contributed by atoms with Gasteiger partial charge in [-0.15, -0.1) is 0 Å². The van der Waals surface area contributed by atoms with Crippen LogP contribution in [0.15, 0.2) is 12.1 Å².